The van der Waals surface area contributed by atoms with Gasteiger partial charge in [0.2, 0.25) is 0 Å². The predicted molar refractivity (Wildman–Crippen MR) is 158 cm³/mol. The maximum absolute atomic E-state index is 12.9. The molecule has 2 heterocycles. The molecule has 4 rings (SSSR count). The van der Waals surface area contributed by atoms with Crippen molar-refractivity contribution in [2.75, 3.05) is 19.8 Å². The number of aromatic hydroxyl groups is 4. The van der Waals surface area contributed by atoms with E-state index >= 15 is 0 Å². The highest BCUT2D eigenvalue weighted by molar-refractivity contribution is 5.87. The number of rotatable bonds is 12. The van der Waals surface area contributed by atoms with E-state index in [0.717, 1.165) is 13.0 Å². The molecule has 17 nitrogen and oxygen atoms in total. The van der Waals surface area contributed by atoms with Crippen molar-refractivity contribution in [3.05, 3.63) is 53.6 Å². The third kappa shape index (κ3) is 9.10. The molecule has 48 heavy (non-hydrogen) atoms. The van der Waals surface area contributed by atoms with Crippen molar-refractivity contribution >= 4 is 18.0 Å². The first-order chi connectivity index (χ1) is 22.8. The molecule has 0 bridgehead atoms. The average molecular weight is 683 g/mol. The molecule has 2 aromatic rings. The Morgan fingerprint density at radius 1 is 0.792 bits per heavy atom. The van der Waals surface area contributed by atoms with Crippen molar-refractivity contribution in [1.82, 2.24) is 0 Å². The molecule has 0 aromatic heterocycles. The number of hydrogen-bond donors (Lipinski definition) is 9. The van der Waals surface area contributed by atoms with Gasteiger partial charge in [-0.15, -0.1) is 0 Å². The van der Waals surface area contributed by atoms with Crippen LogP contribution in [0.25, 0.3) is 6.08 Å². The second kappa shape index (κ2) is 16.4. The summed E-state index contributed by atoms with van der Waals surface area (Å²) in [5, 5.41) is 91.5. The molecule has 9 N–H and O–H groups in total. The first-order valence-electron chi connectivity index (χ1n) is 14.7. The standard InChI is InChI=1S/C31H38O17/c1-14(33)44-13-22-24(39)25(40)26(41)31(46-22)48-29-27(42)30(43-9-8-16-3-6-18(35)20(37)11-16)45-21(12-32)28(29)47-23(38)7-4-15-2-5-17(34)19(36)10-15/h2-7,10-11,21-22,24-32,34-37,39-42H,8-9,12-13H2,1H3. The van der Waals surface area contributed by atoms with E-state index < -0.39 is 92.3 Å². The fourth-order valence-corrected chi connectivity index (χ4v) is 5.00. The number of aliphatic hydroxyl groups excluding tert-OH is 5. The van der Waals surface area contributed by atoms with Crippen molar-refractivity contribution in [1.29, 1.82) is 0 Å². The van der Waals surface area contributed by atoms with Gasteiger partial charge in [-0.1, -0.05) is 12.1 Å². The van der Waals surface area contributed by atoms with Crippen LogP contribution in [-0.4, -0.2) is 139 Å². The number of carbonyl (C=O) groups is 2. The highest BCUT2D eigenvalue weighted by atomic mass is 16.7. The van der Waals surface area contributed by atoms with E-state index in [2.05, 4.69) is 0 Å². The van der Waals surface area contributed by atoms with E-state index in [4.69, 9.17) is 28.4 Å². The number of aliphatic hydroxyl groups is 5. The van der Waals surface area contributed by atoms with Gasteiger partial charge in [0.1, 0.15) is 49.3 Å². The third-order valence-electron chi connectivity index (χ3n) is 7.58. The highest BCUT2D eigenvalue weighted by Gasteiger charge is 2.52. The molecular formula is C31H38O17. The number of phenols is 4. The van der Waals surface area contributed by atoms with Crippen LogP contribution in [0.3, 0.4) is 0 Å². The van der Waals surface area contributed by atoms with E-state index in [1.807, 2.05) is 0 Å². The Morgan fingerprint density at radius 2 is 1.46 bits per heavy atom. The molecule has 10 atom stereocenters. The Balaban J connectivity index is 1.55. The van der Waals surface area contributed by atoms with Crippen molar-refractivity contribution in [3.63, 3.8) is 0 Å². The molecule has 2 fully saturated rings. The lowest BCUT2D eigenvalue weighted by Gasteiger charge is -2.46. The molecule has 2 aliphatic heterocycles. The summed E-state index contributed by atoms with van der Waals surface area (Å²) in [6, 6.07) is 7.85. The van der Waals surface area contributed by atoms with E-state index in [1.165, 1.54) is 42.5 Å². The molecule has 0 aliphatic carbocycles. The summed E-state index contributed by atoms with van der Waals surface area (Å²) in [5.41, 5.74) is 0.849. The molecule has 2 saturated heterocycles. The lowest BCUT2D eigenvalue weighted by Crippen LogP contribution is -2.65. The summed E-state index contributed by atoms with van der Waals surface area (Å²) >= 11 is 0. The SMILES string of the molecule is CC(=O)OCC1OC(OC2C(O)C(OCCc3ccc(O)c(O)c3)OC(CO)C2OC(=O)C=Cc2ccc(O)c(O)c2)C(O)C(O)C1O. The number of ether oxygens (including phenoxy) is 6. The molecule has 0 amide bonds. The average Bonchev–Trinajstić information content (AvgIpc) is 3.05. The zero-order valence-electron chi connectivity index (χ0n) is 25.5. The van der Waals surface area contributed by atoms with Crippen molar-refractivity contribution < 1.29 is 84.0 Å². The van der Waals surface area contributed by atoms with Crippen LogP contribution < -0.4 is 0 Å². The van der Waals surface area contributed by atoms with E-state index in [1.54, 1.807) is 0 Å². The largest absolute Gasteiger partial charge is 0.504 e. The smallest absolute Gasteiger partial charge is 0.331 e. The quantitative estimate of drug-likeness (QED) is 0.0702. The van der Waals surface area contributed by atoms with Crippen LogP contribution >= 0.6 is 0 Å². The van der Waals surface area contributed by atoms with Gasteiger partial charge in [-0.05, 0) is 47.9 Å². The summed E-state index contributed by atoms with van der Waals surface area (Å²) in [6.45, 7) is -0.355. The Labute approximate surface area is 273 Å². The van der Waals surface area contributed by atoms with E-state index in [0.29, 0.717) is 11.1 Å². The summed E-state index contributed by atoms with van der Waals surface area (Å²) in [5.74, 6) is -3.27. The van der Waals surface area contributed by atoms with Crippen LogP contribution in [0.5, 0.6) is 23.0 Å². The second-order valence-electron chi connectivity index (χ2n) is 11.1. The van der Waals surface area contributed by atoms with Gasteiger partial charge in [0, 0.05) is 13.0 Å². The van der Waals surface area contributed by atoms with Gasteiger partial charge < -0.3 is 74.4 Å². The van der Waals surface area contributed by atoms with Gasteiger partial charge in [-0.3, -0.25) is 4.79 Å². The lowest BCUT2D eigenvalue weighted by molar-refractivity contribution is -0.360. The minimum absolute atomic E-state index is 0.124. The normalized spacial score (nSPS) is 30.6. The van der Waals surface area contributed by atoms with Crippen LogP contribution in [-0.2, 0) is 44.4 Å². The molecule has 10 unspecified atom stereocenters. The van der Waals surface area contributed by atoms with Crippen LogP contribution in [0.4, 0.5) is 0 Å². The summed E-state index contributed by atoms with van der Waals surface area (Å²) < 4.78 is 33.2. The van der Waals surface area contributed by atoms with E-state index in [9.17, 15) is 55.5 Å². The van der Waals surface area contributed by atoms with Gasteiger partial charge in [0.25, 0.3) is 0 Å². The lowest BCUT2D eigenvalue weighted by atomic mass is 9.96. The third-order valence-corrected chi connectivity index (χ3v) is 7.58. The second-order valence-corrected chi connectivity index (χ2v) is 11.1. The van der Waals surface area contributed by atoms with Gasteiger partial charge in [-0.2, -0.15) is 0 Å². The summed E-state index contributed by atoms with van der Waals surface area (Å²) in [7, 11) is 0. The molecular weight excluding hydrogens is 644 g/mol. The topological polar surface area (TPSA) is 272 Å². The maximum atomic E-state index is 12.9. The summed E-state index contributed by atoms with van der Waals surface area (Å²) in [4.78, 5) is 24.2. The zero-order valence-corrected chi connectivity index (χ0v) is 25.5. The zero-order chi connectivity index (χ0) is 35.1. The molecule has 2 aromatic carbocycles. The highest BCUT2D eigenvalue weighted by Crippen LogP contribution is 2.32. The van der Waals surface area contributed by atoms with Crippen LogP contribution in [0.15, 0.2) is 42.5 Å². The molecule has 264 valence electrons. The van der Waals surface area contributed by atoms with Crippen molar-refractivity contribution in [3.8, 4) is 23.0 Å². The van der Waals surface area contributed by atoms with Gasteiger partial charge >= 0.3 is 11.9 Å². The molecule has 0 saturated carbocycles. The Hall–Kier alpha value is -4.04. The predicted octanol–water partition coefficient (Wildman–Crippen LogP) is -1.47. The maximum Gasteiger partial charge on any atom is 0.331 e. The number of esters is 2. The first kappa shape index (κ1) is 36.8. The molecule has 0 spiro atoms. The number of benzene rings is 2. The molecule has 0 radical (unpaired) electrons. The van der Waals surface area contributed by atoms with Crippen molar-refractivity contribution in [2.24, 2.45) is 0 Å². The Kier molecular flexibility index (Phi) is 12.6. The molecule has 2 aliphatic rings. The fraction of sp³-hybridized carbons (Fsp3) is 0.484. The van der Waals surface area contributed by atoms with Crippen LogP contribution in [0.1, 0.15) is 18.1 Å². The number of phenolic OH excluding ortho intramolecular Hbond substituents is 4. The van der Waals surface area contributed by atoms with Crippen molar-refractivity contribution in [2.45, 2.75) is 74.8 Å². The minimum Gasteiger partial charge on any atom is -0.504 e. The number of hydrogen-bond acceptors (Lipinski definition) is 17. The fourth-order valence-electron chi connectivity index (χ4n) is 5.00. The molecule has 17 heteroatoms. The Bertz CT molecular complexity index is 1430. The van der Waals surface area contributed by atoms with E-state index in [-0.39, 0.29) is 30.3 Å². The number of carbonyl (C=O) groups excluding carboxylic acids is 2. The Morgan fingerprint density at radius 3 is 2.10 bits per heavy atom. The van der Waals surface area contributed by atoms with Gasteiger partial charge in [-0.25, -0.2) is 4.79 Å². The van der Waals surface area contributed by atoms with Crippen LogP contribution in [0.2, 0.25) is 0 Å². The minimum atomic E-state index is -1.92. The van der Waals surface area contributed by atoms with Gasteiger partial charge in [0.15, 0.2) is 41.7 Å². The first-order valence-corrected chi connectivity index (χ1v) is 14.7. The monoisotopic (exact) mass is 682 g/mol. The van der Waals surface area contributed by atoms with Gasteiger partial charge in [0.05, 0.1) is 13.2 Å². The van der Waals surface area contributed by atoms with Crippen LogP contribution in [0, 0.1) is 0 Å². The summed E-state index contributed by atoms with van der Waals surface area (Å²) in [6.07, 6.45) is -14.4.